The van der Waals surface area contributed by atoms with Gasteiger partial charge in [-0.15, -0.1) is 13.2 Å². The van der Waals surface area contributed by atoms with E-state index in [1.807, 2.05) is 11.0 Å². The van der Waals surface area contributed by atoms with E-state index in [0.29, 0.717) is 32.5 Å². The minimum Gasteiger partial charge on any atom is -0.447 e. The normalized spacial score (nSPS) is 35.4. The third-order valence-electron chi connectivity index (χ3n) is 6.93. The number of rotatable bonds is 3. The van der Waals surface area contributed by atoms with Crippen molar-refractivity contribution in [1.82, 2.24) is 10.2 Å². The van der Waals surface area contributed by atoms with Gasteiger partial charge in [-0.1, -0.05) is 12.1 Å². The fourth-order valence-electron chi connectivity index (χ4n) is 5.35. The van der Waals surface area contributed by atoms with Crippen molar-refractivity contribution in [3.63, 3.8) is 0 Å². The highest BCUT2D eigenvalue weighted by molar-refractivity contribution is 5.82. The predicted octanol–water partition coefficient (Wildman–Crippen LogP) is 2.96. The summed E-state index contributed by atoms with van der Waals surface area (Å²) in [4.78, 5) is 26.0. The number of carbonyl (C=O) groups is 2. The Morgan fingerprint density at radius 1 is 1.28 bits per heavy atom. The quantitative estimate of drug-likeness (QED) is 0.832. The molecule has 2 saturated carbocycles. The Bertz CT molecular complexity index is 868. The minimum absolute atomic E-state index is 0.103. The summed E-state index contributed by atoms with van der Waals surface area (Å²) >= 11 is 0. The molecule has 1 aromatic rings. The van der Waals surface area contributed by atoms with Crippen molar-refractivity contribution in [2.24, 2.45) is 11.8 Å². The van der Waals surface area contributed by atoms with Gasteiger partial charge in [0.15, 0.2) is 0 Å². The number of alkyl carbamates (subject to hydrolysis) is 1. The highest BCUT2D eigenvalue weighted by atomic mass is 19.4. The average Bonchev–Trinajstić information content (AvgIpc) is 3.24. The molecule has 0 radical (unpaired) electrons. The predicted molar refractivity (Wildman–Crippen MR) is 94.0 cm³/mol. The molecule has 29 heavy (non-hydrogen) atoms. The first kappa shape index (κ1) is 18.6. The number of ether oxygens (including phenoxy) is 2. The summed E-state index contributed by atoms with van der Waals surface area (Å²) in [6, 6.07) is 6.22. The molecular formula is C20H21F3N2O4. The van der Waals surface area contributed by atoms with Crippen LogP contribution in [0.15, 0.2) is 24.3 Å². The minimum atomic E-state index is -4.71. The van der Waals surface area contributed by atoms with E-state index in [2.05, 4.69) is 10.1 Å². The topological polar surface area (TPSA) is 67.9 Å². The first-order valence-electron chi connectivity index (χ1n) is 9.78. The van der Waals surface area contributed by atoms with Crippen molar-refractivity contribution >= 4 is 12.0 Å². The van der Waals surface area contributed by atoms with Gasteiger partial charge in [0.25, 0.3) is 0 Å². The van der Waals surface area contributed by atoms with Crippen LogP contribution in [0.5, 0.6) is 5.75 Å². The molecular weight excluding hydrogens is 389 g/mol. The number of hydrogen-bond acceptors (Lipinski definition) is 4. The lowest BCUT2D eigenvalue weighted by atomic mass is 9.68. The van der Waals surface area contributed by atoms with Crippen LogP contribution in [0, 0.1) is 11.8 Å². The summed E-state index contributed by atoms with van der Waals surface area (Å²) in [6.45, 7) is 1.53. The van der Waals surface area contributed by atoms with Gasteiger partial charge >= 0.3 is 12.5 Å². The first-order chi connectivity index (χ1) is 13.7. The van der Waals surface area contributed by atoms with Crippen molar-refractivity contribution in [3.8, 4) is 5.75 Å². The van der Waals surface area contributed by atoms with E-state index in [-0.39, 0.29) is 34.4 Å². The van der Waals surface area contributed by atoms with Crippen molar-refractivity contribution in [2.45, 2.75) is 43.0 Å². The number of cyclic esters (lactones) is 1. The SMILES string of the molecule is O=C1N[C@]2(CO1)C[C@H](C(=O)N1CC[C@@]3(c4cccc(OC(F)(F)F)c4)C[C@H]3C1)C2. The van der Waals surface area contributed by atoms with Crippen LogP contribution in [0.1, 0.15) is 31.2 Å². The summed E-state index contributed by atoms with van der Waals surface area (Å²) < 4.78 is 46.5. The number of nitrogens with one attached hydrogen (secondary N) is 1. The third-order valence-corrected chi connectivity index (χ3v) is 6.93. The Morgan fingerprint density at radius 2 is 2.07 bits per heavy atom. The zero-order valence-electron chi connectivity index (χ0n) is 15.6. The maximum Gasteiger partial charge on any atom is 0.573 e. The fraction of sp³-hybridized carbons (Fsp3) is 0.600. The number of fused-ring (bicyclic) bond motifs is 1. The number of benzene rings is 1. The van der Waals surface area contributed by atoms with E-state index in [4.69, 9.17) is 4.74 Å². The van der Waals surface area contributed by atoms with Crippen LogP contribution in [0.4, 0.5) is 18.0 Å². The number of halogens is 3. The van der Waals surface area contributed by atoms with Gasteiger partial charge < -0.3 is 19.7 Å². The zero-order valence-corrected chi connectivity index (χ0v) is 15.6. The van der Waals surface area contributed by atoms with Crippen LogP contribution in [0.2, 0.25) is 0 Å². The number of carbonyl (C=O) groups excluding carboxylic acids is 2. The molecule has 2 heterocycles. The monoisotopic (exact) mass is 410 g/mol. The van der Waals surface area contributed by atoms with Crippen LogP contribution in [-0.4, -0.2) is 48.5 Å². The Kier molecular flexibility index (Phi) is 3.86. The van der Waals surface area contributed by atoms with Crippen LogP contribution in [0.3, 0.4) is 0 Å². The van der Waals surface area contributed by atoms with Gasteiger partial charge in [-0.25, -0.2) is 4.79 Å². The second-order valence-corrected chi connectivity index (χ2v) is 8.75. The lowest BCUT2D eigenvalue weighted by molar-refractivity contribution is -0.274. The third kappa shape index (κ3) is 3.20. The first-order valence-corrected chi connectivity index (χ1v) is 9.78. The molecule has 0 aromatic heterocycles. The summed E-state index contributed by atoms with van der Waals surface area (Å²) in [5.41, 5.74) is 0.315. The van der Waals surface area contributed by atoms with E-state index in [1.165, 1.54) is 12.1 Å². The molecule has 4 aliphatic rings. The highest BCUT2D eigenvalue weighted by Crippen LogP contribution is 2.60. The van der Waals surface area contributed by atoms with E-state index >= 15 is 0 Å². The molecule has 2 atom stereocenters. The van der Waals surface area contributed by atoms with Gasteiger partial charge in [-0.2, -0.15) is 0 Å². The lowest BCUT2D eigenvalue weighted by Gasteiger charge is -2.44. The number of nitrogens with zero attached hydrogens (tertiary/aromatic N) is 1. The molecule has 0 bridgehead atoms. The second kappa shape index (κ2) is 6.03. The Labute approximate surface area is 165 Å². The maximum absolute atomic E-state index is 12.8. The van der Waals surface area contributed by atoms with Gasteiger partial charge in [0.05, 0.1) is 5.54 Å². The molecule has 2 amide bonds. The van der Waals surface area contributed by atoms with Crippen molar-refractivity contribution in [3.05, 3.63) is 29.8 Å². The Balaban J connectivity index is 1.21. The Morgan fingerprint density at radius 3 is 2.72 bits per heavy atom. The number of alkyl halides is 3. The molecule has 6 nitrogen and oxygen atoms in total. The standard InChI is InChI=1S/C20H21F3N2O4/c21-20(22,23)29-15-3-1-2-13(6-15)19-4-5-25(10-14(19)9-19)16(26)12-7-18(8-12)11-28-17(27)24-18/h1-3,6,12,14H,4-5,7-11H2,(H,24,27)/t12-,14-,18+,19-/m0/s1. The van der Waals surface area contributed by atoms with Gasteiger partial charge in [0.1, 0.15) is 12.4 Å². The van der Waals surface area contributed by atoms with E-state index in [0.717, 1.165) is 18.4 Å². The highest BCUT2D eigenvalue weighted by Gasteiger charge is 2.60. The van der Waals surface area contributed by atoms with E-state index in [9.17, 15) is 22.8 Å². The summed E-state index contributed by atoms with van der Waals surface area (Å²) in [5, 5.41) is 2.80. The number of hydrogen-bond donors (Lipinski definition) is 1. The lowest BCUT2D eigenvalue weighted by Crippen LogP contribution is -2.58. The molecule has 1 aromatic carbocycles. The molecule has 1 spiro atoms. The maximum atomic E-state index is 12.8. The van der Waals surface area contributed by atoms with Crippen LogP contribution >= 0.6 is 0 Å². The van der Waals surface area contributed by atoms with Crippen molar-refractivity contribution in [2.75, 3.05) is 19.7 Å². The number of amides is 2. The van der Waals surface area contributed by atoms with Crippen LogP contribution in [-0.2, 0) is 14.9 Å². The average molecular weight is 410 g/mol. The van der Waals surface area contributed by atoms with Crippen LogP contribution in [0.25, 0.3) is 0 Å². The molecule has 0 unspecified atom stereocenters. The fourth-order valence-corrected chi connectivity index (χ4v) is 5.35. The van der Waals surface area contributed by atoms with Crippen molar-refractivity contribution in [1.29, 1.82) is 0 Å². The molecule has 2 aliphatic carbocycles. The molecule has 4 fully saturated rings. The van der Waals surface area contributed by atoms with Gasteiger partial charge in [-0.05, 0) is 49.3 Å². The largest absolute Gasteiger partial charge is 0.573 e. The molecule has 2 saturated heterocycles. The molecule has 156 valence electrons. The van der Waals surface area contributed by atoms with Gasteiger partial charge in [0, 0.05) is 24.4 Å². The van der Waals surface area contributed by atoms with E-state index in [1.54, 1.807) is 6.07 Å². The molecule has 1 N–H and O–H groups in total. The van der Waals surface area contributed by atoms with Gasteiger partial charge in [0.2, 0.25) is 5.91 Å². The summed E-state index contributed by atoms with van der Waals surface area (Å²) in [5.74, 6) is 0.0530. The molecule has 9 heteroatoms. The summed E-state index contributed by atoms with van der Waals surface area (Å²) in [6.07, 6.45) is -2.34. The number of likely N-dealkylation sites (tertiary alicyclic amines) is 1. The molecule has 5 rings (SSSR count). The number of piperidine rings is 1. The smallest absolute Gasteiger partial charge is 0.447 e. The summed E-state index contributed by atoms with van der Waals surface area (Å²) in [7, 11) is 0. The van der Waals surface area contributed by atoms with E-state index < -0.39 is 12.5 Å². The Hall–Kier alpha value is -2.45. The molecule has 2 aliphatic heterocycles. The van der Waals surface area contributed by atoms with Gasteiger partial charge in [-0.3, -0.25) is 4.79 Å². The second-order valence-electron chi connectivity index (χ2n) is 8.75. The zero-order chi connectivity index (χ0) is 20.4. The van der Waals surface area contributed by atoms with Crippen molar-refractivity contribution < 1.29 is 32.2 Å². The van der Waals surface area contributed by atoms with Crippen LogP contribution < -0.4 is 10.1 Å².